The van der Waals surface area contributed by atoms with E-state index in [0.29, 0.717) is 4.99 Å². The summed E-state index contributed by atoms with van der Waals surface area (Å²) in [5, 5.41) is 0. The van der Waals surface area contributed by atoms with Crippen molar-refractivity contribution in [3.8, 4) is 0 Å². The van der Waals surface area contributed by atoms with Gasteiger partial charge in [0.15, 0.2) is 0 Å². The van der Waals surface area contributed by atoms with Gasteiger partial charge in [-0.15, -0.1) is 0 Å². The van der Waals surface area contributed by atoms with E-state index in [9.17, 15) is 4.79 Å². The zero-order valence-electron chi connectivity index (χ0n) is 12.4. The highest BCUT2D eigenvalue weighted by Gasteiger charge is 2.34. The number of benzene rings is 1. The molecule has 1 amide bonds. The standard InChI is InChI=1S/C16H22N2OS/c1-11-4-5-12(2)13(10-11)14(19)18-8-6-16(3,7-9-18)15(17)20/h4-5,10H,6-9H2,1-3H3,(H2,17,20). The zero-order chi connectivity index (χ0) is 14.9. The normalized spacial score (nSPS) is 17.9. The molecule has 0 saturated carbocycles. The van der Waals surface area contributed by atoms with Crippen molar-refractivity contribution in [3.63, 3.8) is 0 Å². The Hall–Kier alpha value is -1.42. The molecule has 0 spiro atoms. The molecule has 2 N–H and O–H groups in total. The predicted molar refractivity (Wildman–Crippen MR) is 85.9 cm³/mol. The summed E-state index contributed by atoms with van der Waals surface area (Å²) in [6, 6.07) is 6.01. The van der Waals surface area contributed by atoms with Gasteiger partial charge in [0.1, 0.15) is 0 Å². The first kappa shape index (κ1) is 15.0. The Morgan fingerprint density at radius 3 is 2.45 bits per heavy atom. The fourth-order valence-electron chi connectivity index (χ4n) is 2.59. The maximum absolute atomic E-state index is 12.6. The summed E-state index contributed by atoms with van der Waals surface area (Å²) < 4.78 is 0. The summed E-state index contributed by atoms with van der Waals surface area (Å²) in [6.07, 6.45) is 1.69. The summed E-state index contributed by atoms with van der Waals surface area (Å²) in [7, 11) is 0. The largest absolute Gasteiger partial charge is 0.393 e. The third-order valence-corrected chi connectivity index (χ3v) is 4.87. The van der Waals surface area contributed by atoms with Gasteiger partial charge in [0.25, 0.3) is 5.91 Å². The Bertz CT molecular complexity index is 545. The van der Waals surface area contributed by atoms with Crippen LogP contribution < -0.4 is 5.73 Å². The van der Waals surface area contributed by atoms with Gasteiger partial charge in [-0.05, 0) is 38.3 Å². The van der Waals surface area contributed by atoms with E-state index in [1.54, 1.807) is 0 Å². The number of nitrogens with two attached hydrogens (primary N) is 1. The van der Waals surface area contributed by atoms with E-state index in [4.69, 9.17) is 18.0 Å². The fraction of sp³-hybridized carbons (Fsp3) is 0.500. The molecular weight excluding hydrogens is 268 g/mol. The molecular formula is C16H22N2OS. The van der Waals surface area contributed by atoms with Gasteiger partial charge < -0.3 is 10.6 Å². The lowest BCUT2D eigenvalue weighted by molar-refractivity contribution is 0.0669. The smallest absolute Gasteiger partial charge is 0.254 e. The summed E-state index contributed by atoms with van der Waals surface area (Å²) in [4.78, 5) is 15.1. The second kappa shape index (κ2) is 5.52. The van der Waals surface area contributed by atoms with E-state index in [0.717, 1.165) is 42.6 Å². The molecule has 1 aromatic carbocycles. The number of likely N-dealkylation sites (tertiary alicyclic amines) is 1. The topological polar surface area (TPSA) is 46.3 Å². The van der Waals surface area contributed by atoms with Crippen molar-refractivity contribution < 1.29 is 4.79 Å². The van der Waals surface area contributed by atoms with E-state index in [2.05, 4.69) is 6.92 Å². The molecule has 108 valence electrons. The molecule has 4 heteroatoms. The molecule has 1 aromatic rings. The van der Waals surface area contributed by atoms with Gasteiger partial charge in [-0.2, -0.15) is 0 Å². The minimum absolute atomic E-state index is 0.103. The van der Waals surface area contributed by atoms with Crippen molar-refractivity contribution in [1.29, 1.82) is 0 Å². The summed E-state index contributed by atoms with van der Waals surface area (Å²) in [6.45, 7) is 7.53. The maximum atomic E-state index is 12.6. The molecule has 0 aliphatic carbocycles. The zero-order valence-corrected chi connectivity index (χ0v) is 13.2. The number of carbonyl (C=O) groups is 1. The van der Waals surface area contributed by atoms with Crippen LogP contribution in [0.15, 0.2) is 18.2 Å². The molecule has 0 bridgehead atoms. The molecule has 0 radical (unpaired) electrons. The molecule has 1 saturated heterocycles. The van der Waals surface area contributed by atoms with Crippen molar-refractivity contribution in [3.05, 3.63) is 34.9 Å². The lowest BCUT2D eigenvalue weighted by atomic mass is 9.80. The number of aryl methyl sites for hydroxylation is 2. The molecule has 3 nitrogen and oxygen atoms in total. The lowest BCUT2D eigenvalue weighted by Gasteiger charge is -2.38. The second-order valence-corrected chi connectivity index (χ2v) is 6.48. The van der Waals surface area contributed by atoms with Crippen LogP contribution in [0.3, 0.4) is 0 Å². The van der Waals surface area contributed by atoms with Gasteiger partial charge >= 0.3 is 0 Å². The first-order valence-electron chi connectivity index (χ1n) is 7.00. The first-order chi connectivity index (χ1) is 9.33. The SMILES string of the molecule is Cc1ccc(C)c(C(=O)N2CCC(C)(C(N)=S)CC2)c1. The van der Waals surface area contributed by atoms with Crippen LogP contribution in [0.4, 0.5) is 0 Å². The first-order valence-corrected chi connectivity index (χ1v) is 7.41. The summed E-state index contributed by atoms with van der Waals surface area (Å²) in [5.74, 6) is 0.121. The van der Waals surface area contributed by atoms with Crippen molar-refractivity contribution in [1.82, 2.24) is 4.90 Å². The van der Waals surface area contributed by atoms with Crippen molar-refractivity contribution in [2.75, 3.05) is 13.1 Å². The van der Waals surface area contributed by atoms with Crippen molar-refractivity contribution >= 4 is 23.1 Å². The van der Waals surface area contributed by atoms with Crippen LogP contribution in [0, 0.1) is 19.3 Å². The number of piperidine rings is 1. The Kier molecular flexibility index (Phi) is 4.14. The van der Waals surface area contributed by atoms with Crippen LogP contribution in [0.25, 0.3) is 0 Å². The quantitative estimate of drug-likeness (QED) is 0.852. The highest BCUT2D eigenvalue weighted by Crippen LogP contribution is 2.32. The van der Waals surface area contributed by atoms with E-state index in [-0.39, 0.29) is 11.3 Å². The summed E-state index contributed by atoms with van der Waals surface area (Å²) in [5.41, 5.74) is 8.66. The van der Waals surface area contributed by atoms with Crippen LogP contribution >= 0.6 is 12.2 Å². The van der Waals surface area contributed by atoms with Crippen LogP contribution in [-0.2, 0) is 0 Å². The van der Waals surface area contributed by atoms with E-state index < -0.39 is 0 Å². The molecule has 0 unspecified atom stereocenters. The molecule has 1 fully saturated rings. The van der Waals surface area contributed by atoms with Gasteiger partial charge in [-0.25, -0.2) is 0 Å². The minimum atomic E-state index is -0.103. The Balaban J connectivity index is 2.13. The molecule has 1 aliphatic heterocycles. The van der Waals surface area contributed by atoms with Gasteiger partial charge in [0, 0.05) is 24.1 Å². The lowest BCUT2D eigenvalue weighted by Crippen LogP contribution is -2.46. The Morgan fingerprint density at radius 1 is 1.30 bits per heavy atom. The van der Waals surface area contributed by atoms with Gasteiger partial charge in [0.05, 0.1) is 4.99 Å². The van der Waals surface area contributed by atoms with Crippen molar-refractivity contribution in [2.45, 2.75) is 33.6 Å². The summed E-state index contributed by atoms with van der Waals surface area (Å²) >= 11 is 5.14. The second-order valence-electron chi connectivity index (χ2n) is 6.04. The Morgan fingerprint density at radius 2 is 1.90 bits per heavy atom. The van der Waals surface area contributed by atoms with Crippen LogP contribution in [0.2, 0.25) is 0 Å². The van der Waals surface area contributed by atoms with E-state index >= 15 is 0 Å². The average Bonchev–Trinajstić information content (AvgIpc) is 2.41. The highest BCUT2D eigenvalue weighted by atomic mass is 32.1. The third-order valence-electron chi connectivity index (χ3n) is 4.37. The number of hydrogen-bond donors (Lipinski definition) is 1. The van der Waals surface area contributed by atoms with E-state index in [1.807, 2.05) is 36.9 Å². The molecule has 1 aliphatic rings. The number of nitrogens with zero attached hydrogens (tertiary/aromatic N) is 1. The van der Waals surface area contributed by atoms with Crippen LogP contribution in [0.1, 0.15) is 41.3 Å². The molecule has 20 heavy (non-hydrogen) atoms. The maximum Gasteiger partial charge on any atom is 0.254 e. The predicted octanol–water partition coefficient (Wildman–Crippen LogP) is 2.83. The van der Waals surface area contributed by atoms with Crippen molar-refractivity contribution in [2.24, 2.45) is 11.1 Å². The number of amides is 1. The number of thiocarbonyl (C=S) groups is 1. The van der Waals surface area contributed by atoms with Gasteiger partial charge in [0.2, 0.25) is 0 Å². The number of rotatable bonds is 2. The number of hydrogen-bond acceptors (Lipinski definition) is 2. The third kappa shape index (κ3) is 2.85. The van der Waals surface area contributed by atoms with Gasteiger partial charge in [-0.1, -0.05) is 36.8 Å². The molecule has 1 heterocycles. The Labute approximate surface area is 126 Å². The monoisotopic (exact) mass is 290 g/mol. The van der Waals surface area contributed by atoms with Gasteiger partial charge in [-0.3, -0.25) is 4.79 Å². The highest BCUT2D eigenvalue weighted by molar-refractivity contribution is 7.80. The molecule has 0 aromatic heterocycles. The molecule has 2 rings (SSSR count). The van der Waals surface area contributed by atoms with Crippen LogP contribution in [-0.4, -0.2) is 28.9 Å². The van der Waals surface area contributed by atoms with Crippen LogP contribution in [0.5, 0.6) is 0 Å². The van der Waals surface area contributed by atoms with E-state index in [1.165, 1.54) is 0 Å². The minimum Gasteiger partial charge on any atom is -0.393 e. The number of carbonyl (C=O) groups excluding carboxylic acids is 1. The molecule has 0 atom stereocenters. The average molecular weight is 290 g/mol. The fourth-order valence-corrected chi connectivity index (χ4v) is 2.79.